The highest BCUT2D eigenvalue weighted by atomic mass is 32.1. The number of halogens is 1. The van der Waals surface area contributed by atoms with Crippen LogP contribution < -0.4 is 15.6 Å². The van der Waals surface area contributed by atoms with E-state index in [2.05, 4.69) is 10.3 Å². The van der Waals surface area contributed by atoms with Crippen molar-refractivity contribution in [2.45, 2.75) is 39.1 Å². The van der Waals surface area contributed by atoms with Gasteiger partial charge in [-0.1, -0.05) is 18.2 Å². The molecule has 0 saturated carbocycles. The van der Waals surface area contributed by atoms with Crippen LogP contribution in [0.1, 0.15) is 41.0 Å². The molecule has 3 heterocycles. The Balaban J connectivity index is 1.37. The number of aliphatic hydroxyl groups is 2. The minimum absolute atomic E-state index is 0.0526. The molecule has 0 aliphatic heterocycles. The summed E-state index contributed by atoms with van der Waals surface area (Å²) in [4.78, 5) is 36.0. The van der Waals surface area contributed by atoms with Gasteiger partial charge in [0.05, 0.1) is 38.6 Å². The van der Waals surface area contributed by atoms with Gasteiger partial charge >= 0.3 is 0 Å². The number of benzene rings is 2. The van der Waals surface area contributed by atoms with E-state index in [4.69, 9.17) is 4.74 Å². The van der Waals surface area contributed by atoms with Gasteiger partial charge in [0, 0.05) is 37.1 Å². The van der Waals surface area contributed by atoms with Crippen LogP contribution in [0.15, 0.2) is 71.7 Å². The molecule has 0 aliphatic carbocycles. The molecule has 2 aromatic carbocycles. The molecule has 3 N–H and O–H groups in total. The maximum absolute atomic E-state index is 15.4. The summed E-state index contributed by atoms with van der Waals surface area (Å²) in [7, 11) is 5.77. The van der Waals surface area contributed by atoms with Crippen LogP contribution in [0.25, 0.3) is 15.9 Å². The zero-order chi connectivity index (χ0) is 34.0. The lowest BCUT2D eigenvalue weighted by Gasteiger charge is -2.23. The van der Waals surface area contributed by atoms with Gasteiger partial charge in [-0.3, -0.25) is 24.2 Å². The third kappa shape index (κ3) is 7.61. The number of anilines is 1. The van der Waals surface area contributed by atoms with Gasteiger partial charge in [0.25, 0.3) is 11.5 Å². The molecular weight excluding hydrogens is 623 g/mol. The van der Waals surface area contributed by atoms with Gasteiger partial charge < -0.3 is 25.2 Å². The Morgan fingerprint density at radius 1 is 1.09 bits per heavy atom. The van der Waals surface area contributed by atoms with Crippen LogP contribution >= 0.6 is 11.3 Å². The first-order chi connectivity index (χ1) is 22.2. The number of carbonyl (C=O) groups is 1. The first-order valence-corrected chi connectivity index (χ1v) is 15.9. The van der Waals surface area contributed by atoms with Crippen molar-refractivity contribution in [1.29, 1.82) is 0 Å². The molecule has 11 nitrogen and oxygen atoms in total. The highest BCUT2D eigenvalue weighted by molar-refractivity contribution is 7.19. The second-order valence-electron chi connectivity index (χ2n) is 12.3. The Hall–Kier alpha value is -4.40. The van der Waals surface area contributed by atoms with Crippen LogP contribution in [0.5, 0.6) is 11.5 Å². The summed E-state index contributed by atoms with van der Waals surface area (Å²) in [5.74, 6) is -1.15. The van der Waals surface area contributed by atoms with Crippen LogP contribution in [0, 0.1) is 12.7 Å². The number of hydrogen-bond donors (Lipinski definition) is 3. The maximum Gasteiger partial charge on any atom is 0.284 e. The Morgan fingerprint density at radius 3 is 2.47 bits per heavy atom. The van der Waals surface area contributed by atoms with E-state index in [1.807, 2.05) is 37.0 Å². The molecule has 0 aliphatic rings. The fraction of sp³-hybridized carbons (Fsp3) is 0.324. The molecule has 47 heavy (non-hydrogen) atoms. The molecule has 5 rings (SSSR count). The fourth-order valence-electron chi connectivity index (χ4n) is 5.10. The molecule has 0 bridgehead atoms. The average molecular weight is 663 g/mol. The van der Waals surface area contributed by atoms with Crippen LogP contribution in [0.4, 0.5) is 10.1 Å². The monoisotopic (exact) mass is 662 g/mol. The Morgan fingerprint density at radius 2 is 1.81 bits per heavy atom. The van der Waals surface area contributed by atoms with Gasteiger partial charge in [0.2, 0.25) is 0 Å². The highest BCUT2D eigenvalue weighted by Gasteiger charge is 2.27. The van der Waals surface area contributed by atoms with E-state index in [1.165, 1.54) is 28.2 Å². The van der Waals surface area contributed by atoms with Gasteiger partial charge in [-0.25, -0.2) is 9.07 Å². The number of nitrogens with one attached hydrogen (secondary N) is 1. The van der Waals surface area contributed by atoms with Crippen molar-refractivity contribution in [3.63, 3.8) is 0 Å². The lowest BCUT2D eigenvalue weighted by Crippen LogP contribution is -2.32. The van der Waals surface area contributed by atoms with Crippen molar-refractivity contribution in [1.82, 2.24) is 24.1 Å². The number of rotatable bonds is 12. The number of nitrogens with zero attached hydrogens (tertiary/aromatic N) is 5. The molecule has 3 aromatic heterocycles. The molecule has 0 fully saturated rings. The molecule has 1 unspecified atom stereocenters. The van der Waals surface area contributed by atoms with Gasteiger partial charge in [-0.2, -0.15) is 0 Å². The Bertz CT molecular complexity index is 1950. The van der Waals surface area contributed by atoms with E-state index in [-0.39, 0.29) is 23.5 Å². The predicted molar refractivity (Wildman–Crippen MR) is 181 cm³/mol. The van der Waals surface area contributed by atoms with E-state index in [1.54, 1.807) is 68.0 Å². The van der Waals surface area contributed by atoms with Gasteiger partial charge in [0.1, 0.15) is 17.5 Å². The normalized spacial score (nSPS) is 12.7. The number of carbonyl (C=O) groups excluding carboxylic acids is 1. The van der Waals surface area contributed by atoms with Gasteiger partial charge in [-0.05, 0) is 72.2 Å². The van der Waals surface area contributed by atoms with E-state index in [9.17, 15) is 19.8 Å². The standard InChI is InChI=1S/C34H39FN6O5S/c1-21-29(33(44)41(23-10-8-7-9-11-23)40(21)20-34(2,3)45)31(42)37-22-12-13-26(24(35)18-22)46-27-14-15-36-25-19-28(47-30(25)27)32(43)39(6)17-16-38(4)5/h7-15,18-19,32,43,45H,16-17,20H2,1-6H3,(H,37,42). The molecule has 1 atom stereocenters. The summed E-state index contributed by atoms with van der Waals surface area (Å²) in [5.41, 5.74) is -0.243. The Kier molecular flexibility index (Phi) is 9.94. The number of hydrogen-bond acceptors (Lipinski definition) is 9. The summed E-state index contributed by atoms with van der Waals surface area (Å²) in [5, 5.41) is 24.1. The molecule has 0 radical (unpaired) electrons. The number of thiophene rings is 1. The lowest BCUT2D eigenvalue weighted by molar-refractivity contribution is 0.0204. The first-order valence-electron chi connectivity index (χ1n) is 15.0. The summed E-state index contributed by atoms with van der Waals surface area (Å²) in [6.07, 6.45) is 0.714. The number of pyridine rings is 1. The quantitative estimate of drug-likeness (QED) is 0.160. The largest absolute Gasteiger partial charge is 0.453 e. The zero-order valence-electron chi connectivity index (χ0n) is 27.2. The number of aliphatic hydroxyl groups excluding tert-OH is 1. The van der Waals surface area contributed by atoms with E-state index >= 15 is 4.39 Å². The SMILES string of the molecule is Cc1c(C(=O)Nc2ccc(Oc3ccnc4cc(C(O)N(C)CCN(C)C)sc34)c(F)c2)c(=O)n(-c2ccccc2)n1CC(C)(C)O. The molecular formula is C34H39FN6O5S. The van der Waals surface area contributed by atoms with Crippen molar-refractivity contribution in [2.24, 2.45) is 0 Å². The van der Waals surface area contributed by atoms with E-state index in [0.29, 0.717) is 38.8 Å². The van der Waals surface area contributed by atoms with Crippen LogP contribution in [0.3, 0.4) is 0 Å². The van der Waals surface area contributed by atoms with Gasteiger partial charge in [0.15, 0.2) is 11.6 Å². The summed E-state index contributed by atoms with van der Waals surface area (Å²) >= 11 is 1.31. The average Bonchev–Trinajstić information content (AvgIpc) is 3.55. The zero-order valence-corrected chi connectivity index (χ0v) is 28.0. The number of likely N-dealkylation sites (N-methyl/N-ethyl adjacent to an activating group) is 2. The van der Waals surface area contributed by atoms with Gasteiger partial charge in [-0.15, -0.1) is 11.3 Å². The molecule has 5 aromatic rings. The Labute approximate surface area is 276 Å². The molecule has 1 amide bonds. The first kappa shape index (κ1) is 33.9. The van der Waals surface area contributed by atoms with Crippen molar-refractivity contribution in [3.05, 3.63) is 99.2 Å². The van der Waals surface area contributed by atoms with E-state index in [0.717, 1.165) is 12.6 Å². The number of aromatic nitrogens is 3. The molecule has 248 valence electrons. The van der Waals surface area contributed by atoms with Crippen molar-refractivity contribution in [3.8, 4) is 17.2 Å². The minimum Gasteiger partial charge on any atom is -0.453 e. The van der Waals surface area contributed by atoms with Crippen molar-refractivity contribution >= 4 is 33.1 Å². The third-order valence-corrected chi connectivity index (χ3v) is 8.72. The molecule has 0 saturated heterocycles. The molecule has 13 heteroatoms. The second kappa shape index (κ2) is 13.8. The number of amides is 1. The topological polar surface area (TPSA) is 125 Å². The van der Waals surface area contributed by atoms with Crippen LogP contribution in [-0.2, 0) is 6.54 Å². The molecule has 0 spiro atoms. The minimum atomic E-state index is -1.17. The maximum atomic E-state index is 15.4. The van der Waals surface area contributed by atoms with Crippen molar-refractivity contribution < 1.29 is 24.1 Å². The number of fused-ring (bicyclic) bond motifs is 1. The van der Waals surface area contributed by atoms with Crippen LogP contribution in [0.2, 0.25) is 0 Å². The van der Waals surface area contributed by atoms with Crippen LogP contribution in [-0.4, -0.2) is 80.1 Å². The van der Waals surface area contributed by atoms with Crippen molar-refractivity contribution in [2.75, 3.05) is 39.5 Å². The highest BCUT2D eigenvalue weighted by Crippen LogP contribution is 2.38. The second-order valence-corrected chi connectivity index (χ2v) is 13.4. The summed E-state index contributed by atoms with van der Waals surface area (Å²) in [6, 6.07) is 16.2. The number of para-hydroxylation sites is 1. The number of ether oxygens (including phenoxy) is 1. The fourth-order valence-corrected chi connectivity index (χ4v) is 6.22. The smallest absolute Gasteiger partial charge is 0.284 e. The lowest BCUT2D eigenvalue weighted by atomic mass is 10.1. The van der Waals surface area contributed by atoms with E-state index < -0.39 is 29.1 Å². The summed E-state index contributed by atoms with van der Waals surface area (Å²) < 4.78 is 24.9. The third-order valence-electron chi connectivity index (χ3n) is 7.54. The summed E-state index contributed by atoms with van der Waals surface area (Å²) in [6.45, 7) is 6.34. The predicted octanol–water partition coefficient (Wildman–Crippen LogP) is 5.00.